The zero-order valence-electron chi connectivity index (χ0n) is 19.2. The predicted octanol–water partition coefficient (Wildman–Crippen LogP) is 5.04. The lowest BCUT2D eigenvalue weighted by atomic mass is 9.83. The zero-order valence-corrected chi connectivity index (χ0v) is 19.2. The van der Waals surface area contributed by atoms with E-state index in [0.29, 0.717) is 23.9 Å². The van der Waals surface area contributed by atoms with Gasteiger partial charge in [-0.05, 0) is 94.2 Å². The van der Waals surface area contributed by atoms with Crippen LogP contribution in [0.15, 0.2) is 36.0 Å². The molecule has 170 valence electrons. The second kappa shape index (κ2) is 10.6. The van der Waals surface area contributed by atoms with E-state index in [4.69, 9.17) is 0 Å². The molecule has 3 unspecified atom stereocenters. The molecule has 1 aromatic rings. The molecule has 0 saturated carbocycles. The molecular weight excluding hydrogens is 384 g/mol. The first-order valence-electron chi connectivity index (χ1n) is 12.5. The molecule has 2 fully saturated rings. The second-order valence-corrected chi connectivity index (χ2v) is 10.2. The molecule has 0 aromatic carbocycles. The van der Waals surface area contributed by atoms with Crippen molar-refractivity contribution in [1.82, 2.24) is 20.5 Å². The van der Waals surface area contributed by atoms with E-state index in [-0.39, 0.29) is 6.03 Å². The highest BCUT2D eigenvalue weighted by Gasteiger charge is 2.35. The van der Waals surface area contributed by atoms with Gasteiger partial charge in [0.2, 0.25) is 0 Å². The molecule has 4 rings (SSSR count). The molecule has 2 aliphatic heterocycles. The van der Waals surface area contributed by atoms with Crippen molar-refractivity contribution in [2.45, 2.75) is 83.7 Å². The van der Waals surface area contributed by atoms with Crippen LogP contribution in [0.5, 0.6) is 0 Å². The first-order valence-corrected chi connectivity index (χ1v) is 12.5. The third-order valence-electron chi connectivity index (χ3n) is 7.79. The summed E-state index contributed by atoms with van der Waals surface area (Å²) < 4.78 is 0. The number of pyridine rings is 1. The molecule has 2 amide bonds. The molecule has 5 heteroatoms. The normalized spacial score (nSPS) is 28.9. The first-order chi connectivity index (χ1) is 15.1. The van der Waals surface area contributed by atoms with Crippen LogP contribution in [0.1, 0.15) is 76.8 Å². The number of nitrogens with one attached hydrogen (secondary N) is 2. The molecule has 31 heavy (non-hydrogen) atoms. The van der Waals surface area contributed by atoms with Gasteiger partial charge in [0.15, 0.2) is 0 Å². The Morgan fingerprint density at radius 2 is 2.26 bits per heavy atom. The summed E-state index contributed by atoms with van der Waals surface area (Å²) in [6.45, 7) is 6.22. The number of hydrogen-bond acceptors (Lipinski definition) is 3. The van der Waals surface area contributed by atoms with E-state index in [9.17, 15) is 4.79 Å². The van der Waals surface area contributed by atoms with Gasteiger partial charge >= 0.3 is 6.03 Å². The lowest BCUT2D eigenvalue weighted by Crippen LogP contribution is -2.45. The average molecular weight is 425 g/mol. The van der Waals surface area contributed by atoms with Gasteiger partial charge in [-0.25, -0.2) is 4.79 Å². The molecule has 3 atom stereocenters. The third kappa shape index (κ3) is 6.09. The summed E-state index contributed by atoms with van der Waals surface area (Å²) in [6, 6.07) is 6.32. The quantitative estimate of drug-likeness (QED) is 0.603. The lowest BCUT2D eigenvalue weighted by Gasteiger charge is -2.31. The molecule has 0 spiro atoms. The number of hydrogen-bond donors (Lipinski definition) is 2. The Kier molecular flexibility index (Phi) is 7.65. The number of amides is 2. The van der Waals surface area contributed by atoms with Crippen molar-refractivity contribution in [3.63, 3.8) is 0 Å². The van der Waals surface area contributed by atoms with Gasteiger partial charge in [0.1, 0.15) is 0 Å². The van der Waals surface area contributed by atoms with Crippen LogP contribution in [-0.2, 0) is 6.54 Å². The number of carbonyl (C=O) groups excluding carboxylic acids is 1. The van der Waals surface area contributed by atoms with Crippen molar-refractivity contribution in [2.24, 2.45) is 11.3 Å². The van der Waals surface area contributed by atoms with Gasteiger partial charge in [-0.1, -0.05) is 24.6 Å². The minimum atomic E-state index is 0.0870. The van der Waals surface area contributed by atoms with Crippen LogP contribution in [0.2, 0.25) is 0 Å². The predicted molar refractivity (Wildman–Crippen MR) is 126 cm³/mol. The molecule has 0 bridgehead atoms. The fraction of sp³-hybridized carbons (Fsp3) is 0.692. The minimum Gasteiger partial charge on any atom is -0.332 e. The fourth-order valence-electron chi connectivity index (χ4n) is 5.86. The van der Waals surface area contributed by atoms with Crippen molar-refractivity contribution in [2.75, 3.05) is 19.6 Å². The Labute approximate surface area is 188 Å². The second-order valence-electron chi connectivity index (χ2n) is 10.2. The van der Waals surface area contributed by atoms with Gasteiger partial charge in [-0.3, -0.25) is 4.98 Å². The van der Waals surface area contributed by atoms with Crippen LogP contribution in [0.3, 0.4) is 0 Å². The highest BCUT2D eigenvalue weighted by molar-refractivity contribution is 5.74. The molecule has 3 aliphatic rings. The van der Waals surface area contributed by atoms with Crippen LogP contribution in [0.25, 0.3) is 0 Å². The van der Waals surface area contributed by atoms with Crippen LogP contribution < -0.4 is 10.6 Å². The summed E-state index contributed by atoms with van der Waals surface area (Å²) in [5, 5.41) is 6.62. The number of urea groups is 1. The van der Waals surface area contributed by atoms with E-state index in [1.165, 1.54) is 64.5 Å². The van der Waals surface area contributed by atoms with Gasteiger partial charge in [-0.15, -0.1) is 0 Å². The molecule has 2 saturated heterocycles. The van der Waals surface area contributed by atoms with E-state index >= 15 is 0 Å². The summed E-state index contributed by atoms with van der Waals surface area (Å²) in [5.41, 5.74) is 3.10. The number of nitrogens with zero attached hydrogens (tertiary/aromatic N) is 2. The maximum atomic E-state index is 12.9. The van der Waals surface area contributed by atoms with E-state index < -0.39 is 0 Å². The number of likely N-dealkylation sites (tertiary alicyclic amines) is 1. The highest BCUT2D eigenvalue weighted by atomic mass is 16.2. The molecule has 5 nitrogen and oxygen atoms in total. The smallest absolute Gasteiger partial charge is 0.317 e. The summed E-state index contributed by atoms with van der Waals surface area (Å²) in [6.07, 6.45) is 16.7. The minimum absolute atomic E-state index is 0.0870. The van der Waals surface area contributed by atoms with Gasteiger partial charge in [0, 0.05) is 25.3 Å². The Balaban J connectivity index is 1.23. The molecular formula is C26H40N4O. The summed E-state index contributed by atoms with van der Waals surface area (Å²) in [4.78, 5) is 19.3. The Morgan fingerprint density at radius 1 is 1.32 bits per heavy atom. The van der Waals surface area contributed by atoms with Crippen molar-refractivity contribution >= 4 is 6.03 Å². The SMILES string of the molecule is CC1(CCCC2=CCCC(C3CCCN3C(=O)NCc3ccccn3)CC2)CCNC1. The van der Waals surface area contributed by atoms with Gasteiger partial charge in [0.25, 0.3) is 0 Å². The van der Waals surface area contributed by atoms with Gasteiger partial charge in [0.05, 0.1) is 12.2 Å². The van der Waals surface area contributed by atoms with Crippen LogP contribution in [0, 0.1) is 11.3 Å². The summed E-state index contributed by atoms with van der Waals surface area (Å²) in [7, 11) is 0. The maximum absolute atomic E-state index is 12.9. The number of carbonyl (C=O) groups is 1. The first kappa shape index (κ1) is 22.3. The number of aromatic nitrogens is 1. The van der Waals surface area contributed by atoms with E-state index in [2.05, 4.69) is 33.5 Å². The molecule has 1 aromatic heterocycles. The van der Waals surface area contributed by atoms with E-state index in [1.807, 2.05) is 18.2 Å². The number of allylic oxidation sites excluding steroid dienone is 2. The topological polar surface area (TPSA) is 57.3 Å². The van der Waals surface area contributed by atoms with Crippen LogP contribution >= 0.6 is 0 Å². The Hall–Kier alpha value is -1.88. The Bertz CT molecular complexity index is 741. The highest BCUT2D eigenvalue weighted by Crippen LogP contribution is 2.36. The summed E-state index contributed by atoms with van der Waals surface area (Å²) >= 11 is 0. The lowest BCUT2D eigenvalue weighted by molar-refractivity contribution is 0.166. The van der Waals surface area contributed by atoms with E-state index in [1.54, 1.807) is 11.8 Å². The van der Waals surface area contributed by atoms with Crippen molar-refractivity contribution < 1.29 is 4.79 Å². The summed E-state index contributed by atoms with van der Waals surface area (Å²) in [5.74, 6) is 0.633. The van der Waals surface area contributed by atoms with Crippen molar-refractivity contribution in [3.05, 3.63) is 41.7 Å². The van der Waals surface area contributed by atoms with Gasteiger partial charge in [-0.2, -0.15) is 0 Å². The monoisotopic (exact) mass is 424 g/mol. The maximum Gasteiger partial charge on any atom is 0.317 e. The molecule has 2 N–H and O–H groups in total. The fourth-order valence-corrected chi connectivity index (χ4v) is 5.86. The third-order valence-corrected chi connectivity index (χ3v) is 7.79. The average Bonchev–Trinajstić information content (AvgIpc) is 3.38. The molecule has 3 heterocycles. The standard InChI is InChI=1S/C26H40N4O/c1-26(15-17-27-20-26)14-5-8-21-7-4-9-22(13-12-21)24-11-6-18-30(24)25(31)29-19-23-10-2-3-16-28-23/h2-3,7,10,16,22,24,27H,4-6,8-9,11-15,17-20H2,1H3,(H,29,31). The largest absolute Gasteiger partial charge is 0.332 e. The van der Waals surface area contributed by atoms with E-state index in [0.717, 1.165) is 25.1 Å². The number of rotatable bonds is 7. The van der Waals surface area contributed by atoms with Crippen LogP contribution in [-0.4, -0.2) is 41.6 Å². The van der Waals surface area contributed by atoms with Crippen molar-refractivity contribution in [3.8, 4) is 0 Å². The molecule has 0 radical (unpaired) electrons. The van der Waals surface area contributed by atoms with Gasteiger partial charge < -0.3 is 15.5 Å². The van der Waals surface area contributed by atoms with Crippen molar-refractivity contribution in [1.29, 1.82) is 0 Å². The Morgan fingerprint density at radius 3 is 3.06 bits per heavy atom. The molecule has 1 aliphatic carbocycles. The zero-order chi connectivity index (χ0) is 21.5. The van der Waals surface area contributed by atoms with Crippen LogP contribution in [0.4, 0.5) is 4.79 Å².